The molecule has 0 spiro atoms. The van der Waals surface area contributed by atoms with Gasteiger partial charge in [-0.3, -0.25) is 14.4 Å². The van der Waals surface area contributed by atoms with Gasteiger partial charge in [0, 0.05) is 6.42 Å². The molecule has 3 rings (SSSR count). The number of hydrogen-bond acceptors (Lipinski definition) is 6. The highest BCUT2D eigenvalue weighted by molar-refractivity contribution is 8.01. The topological polar surface area (TPSA) is 92.8 Å². The summed E-state index contributed by atoms with van der Waals surface area (Å²) < 4.78 is 44.1. The standard InChI is InChI=1S/C22H19F3N2O5S/c1-2-32-21(31)13-7-9-14(10-8-13)27-19(29)11-17(20(27)30)33-12-18(28)26-16-6-4-3-5-15(16)22(23,24)25/h3-10,17H,2,11-12H2,1H3,(H,26,28). The second kappa shape index (κ2) is 10.1. The number of thioether (sulfide) groups is 1. The summed E-state index contributed by atoms with van der Waals surface area (Å²) in [4.78, 5) is 50.0. The van der Waals surface area contributed by atoms with Crippen LogP contribution in [0.1, 0.15) is 29.3 Å². The first-order valence-electron chi connectivity index (χ1n) is 9.83. The number of imide groups is 1. The first-order valence-corrected chi connectivity index (χ1v) is 10.9. The fourth-order valence-electron chi connectivity index (χ4n) is 3.17. The van der Waals surface area contributed by atoms with Gasteiger partial charge in [-0.1, -0.05) is 12.1 Å². The molecule has 174 valence electrons. The Balaban J connectivity index is 1.61. The highest BCUT2D eigenvalue weighted by Gasteiger charge is 2.40. The summed E-state index contributed by atoms with van der Waals surface area (Å²) in [5.74, 6) is -2.60. The lowest BCUT2D eigenvalue weighted by atomic mass is 10.1. The molecule has 1 aliphatic rings. The Bertz CT molecular complexity index is 1070. The molecule has 1 heterocycles. The molecule has 33 heavy (non-hydrogen) atoms. The molecule has 7 nitrogen and oxygen atoms in total. The van der Waals surface area contributed by atoms with Crippen LogP contribution in [0, 0.1) is 0 Å². The number of nitrogens with zero attached hydrogens (tertiary/aromatic N) is 1. The van der Waals surface area contributed by atoms with Crippen molar-refractivity contribution in [2.24, 2.45) is 0 Å². The number of benzene rings is 2. The predicted molar refractivity (Wildman–Crippen MR) is 116 cm³/mol. The first-order chi connectivity index (χ1) is 15.6. The van der Waals surface area contributed by atoms with Crippen LogP contribution in [0.5, 0.6) is 0 Å². The largest absolute Gasteiger partial charge is 0.462 e. The molecule has 2 aromatic carbocycles. The summed E-state index contributed by atoms with van der Waals surface area (Å²) in [5.41, 5.74) is -0.827. The van der Waals surface area contributed by atoms with E-state index in [9.17, 15) is 32.3 Å². The monoisotopic (exact) mass is 480 g/mol. The van der Waals surface area contributed by atoms with Crippen molar-refractivity contribution in [1.82, 2.24) is 0 Å². The van der Waals surface area contributed by atoms with E-state index in [-0.39, 0.29) is 35.7 Å². The maximum atomic E-state index is 13.1. The van der Waals surface area contributed by atoms with Crippen LogP contribution in [0.2, 0.25) is 0 Å². The third kappa shape index (κ3) is 5.72. The molecule has 11 heteroatoms. The van der Waals surface area contributed by atoms with E-state index >= 15 is 0 Å². The van der Waals surface area contributed by atoms with E-state index < -0.39 is 40.7 Å². The zero-order valence-electron chi connectivity index (χ0n) is 17.3. The Morgan fingerprint density at radius 1 is 1.12 bits per heavy atom. The molecule has 0 bridgehead atoms. The van der Waals surface area contributed by atoms with Crippen LogP contribution in [0.25, 0.3) is 0 Å². The molecular formula is C22H19F3N2O5S. The zero-order valence-corrected chi connectivity index (χ0v) is 18.2. The molecular weight excluding hydrogens is 461 g/mol. The van der Waals surface area contributed by atoms with Crippen LogP contribution < -0.4 is 10.2 Å². The maximum Gasteiger partial charge on any atom is 0.418 e. The molecule has 1 atom stereocenters. The maximum absolute atomic E-state index is 13.1. The van der Waals surface area contributed by atoms with Crippen LogP contribution in [0.15, 0.2) is 48.5 Å². The Hall–Kier alpha value is -3.34. The Morgan fingerprint density at radius 3 is 2.42 bits per heavy atom. The fourth-order valence-corrected chi connectivity index (χ4v) is 4.10. The number of halogens is 3. The smallest absolute Gasteiger partial charge is 0.418 e. The highest BCUT2D eigenvalue weighted by Crippen LogP contribution is 2.35. The van der Waals surface area contributed by atoms with Gasteiger partial charge in [0.2, 0.25) is 17.7 Å². The summed E-state index contributed by atoms with van der Waals surface area (Å²) in [6.45, 7) is 1.87. The van der Waals surface area contributed by atoms with Gasteiger partial charge in [0.1, 0.15) is 0 Å². The second-order valence-electron chi connectivity index (χ2n) is 6.93. The van der Waals surface area contributed by atoms with Crippen LogP contribution in [0.3, 0.4) is 0 Å². The van der Waals surface area contributed by atoms with Crippen molar-refractivity contribution in [2.75, 3.05) is 22.6 Å². The summed E-state index contributed by atoms with van der Waals surface area (Å²) in [5, 5.41) is 1.35. The van der Waals surface area contributed by atoms with E-state index in [4.69, 9.17) is 4.74 Å². The van der Waals surface area contributed by atoms with Gasteiger partial charge in [0.25, 0.3) is 0 Å². The minimum Gasteiger partial charge on any atom is -0.462 e. The number of para-hydroxylation sites is 1. The van der Waals surface area contributed by atoms with Crippen molar-refractivity contribution < 1.29 is 37.1 Å². The SMILES string of the molecule is CCOC(=O)c1ccc(N2C(=O)CC(SCC(=O)Nc3ccccc3C(F)(F)F)C2=O)cc1. The van der Waals surface area contributed by atoms with Gasteiger partial charge in [-0.05, 0) is 43.3 Å². The zero-order chi connectivity index (χ0) is 24.2. The lowest BCUT2D eigenvalue weighted by molar-refractivity contribution is -0.137. The van der Waals surface area contributed by atoms with E-state index in [1.165, 1.54) is 36.4 Å². The summed E-state index contributed by atoms with van der Waals surface area (Å²) >= 11 is 0.870. The molecule has 1 N–H and O–H groups in total. The minimum absolute atomic E-state index is 0.157. The van der Waals surface area contributed by atoms with E-state index in [1.807, 2.05) is 0 Å². The van der Waals surface area contributed by atoms with Crippen molar-refractivity contribution in [3.8, 4) is 0 Å². The summed E-state index contributed by atoms with van der Waals surface area (Å²) in [6, 6.07) is 10.3. The van der Waals surface area contributed by atoms with Gasteiger partial charge in [-0.2, -0.15) is 13.2 Å². The van der Waals surface area contributed by atoms with Gasteiger partial charge in [0.05, 0.1) is 40.1 Å². The summed E-state index contributed by atoms with van der Waals surface area (Å²) in [6.07, 6.45) is -4.79. The molecule has 0 radical (unpaired) electrons. The normalized spacial score (nSPS) is 16.1. The number of carbonyl (C=O) groups excluding carboxylic acids is 4. The molecule has 3 amide bonds. The van der Waals surface area contributed by atoms with Crippen LogP contribution in [-0.4, -0.2) is 41.3 Å². The van der Waals surface area contributed by atoms with Gasteiger partial charge >= 0.3 is 12.1 Å². The van der Waals surface area contributed by atoms with Crippen LogP contribution in [-0.2, 0) is 25.3 Å². The van der Waals surface area contributed by atoms with Crippen molar-refractivity contribution in [1.29, 1.82) is 0 Å². The molecule has 1 unspecified atom stereocenters. The number of nitrogens with one attached hydrogen (secondary N) is 1. The number of anilines is 2. The number of hydrogen-bond donors (Lipinski definition) is 1. The number of esters is 1. The molecule has 0 saturated carbocycles. The Kier molecular flexibility index (Phi) is 7.42. The Morgan fingerprint density at radius 2 is 1.79 bits per heavy atom. The van der Waals surface area contributed by atoms with Crippen molar-refractivity contribution >= 4 is 46.8 Å². The molecule has 0 aliphatic carbocycles. The molecule has 1 fully saturated rings. The third-order valence-electron chi connectivity index (χ3n) is 4.66. The van der Waals surface area contributed by atoms with Gasteiger partial charge < -0.3 is 10.1 Å². The lowest BCUT2D eigenvalue weighted by Gasteiger charge is -2.16. The van der Waals surface area contributed by atoms with Crippen molar-refractivity contribution in [2.45, 2.75) is 24.8 Å². The van der Waals surface area contributed by atoms with E-state index in [2.05, 4.69) is 5.32 Å². The number of ether oxygens (including phenoxy) is 1. The van der Waals surface area contributed by atoms with Gasteiger partial charge in [0.15, 0.2) is 0 Å². The van der Waals surface area contributed by atoms with E-state index in [0.717, 1.165) is 28.8 Å². The second-order valence-corrected chi connectivity index (χ2v) is 8.12. The average Bonchev–Trinajstić information content (AvgIpc) is 3.05. The van der Waals surface area contributed by atoms with Crippen LogP contribution in [0.4, 0.5) is 24.5 Å². The number of alkyl halides is 3. The van der Waals surface area contributed by atoms with E-state index in [1.54, 1.807) is 6.92 Å². The molecule has 2 aromatic rings. The molecule has 0 aromatic heterocycles. The number of carbonyl (C=O) groups is 4. The van der Waals surface area contributed by atoms with Crippen LogP contribution >= 0.6 is 11.8 Å². The molecule has 1 aliphatic heterocycles. The minimum atomic E-state index is -4.63. The van der Waals surface area contributed by atoms with Crippen molar-refractivity contribution in [3.05, 3.63) is 59.7 Å². The average molecular weight is 480 g/mol. The number of rotatable bonds is 7. The highest BCUT2D eigenvalue weighted by atomic mass is 32.2. The first kappa shape index (κ1) is 24.3. The Labute approximate surface area is 191 Å². The van der Waals surface area contributed by atoms with E-state index in [0.29, 0.717) is 0 Å². The fraction of sp³-hybridized carbons (Fsp3) is 0.273. The summed E-state index contributed by atoms with van der Waals surface area (Å²) in [7, 11) is 0. The lowest BCUT2D eigenvalue weighted by Crippen LogP contribution is -2.31. The van der Waals surface area contributed by atoms with Gasteiger partial charge in [-0.25, -0.2) is 9.69 Å². The quantitative estimate of drug-likeness (QED) is 0.478. The predicted octanol–water partition coefficient (Wildman–Crippen LogP) is 3.89. The van der Waals surface area contributed by atoms with Crippen molar-refractivity contribution in [3.63, 3.8) is 0 Å². The van der Waals surface area contributed by atoms with Gasteiger partial charge in [-0.15, -0.1) is 11.8 Å². The third-order valence-corrected chi connectivity index (χ3v) is 5.86. The number of amides is 3. The molecule has 1 saturated heterocycles.